The second-order valence-corrected chi connectivity index (χ2v) is 4.53. The van der Waals surface area contributed by atoms with Crippen LogP contribution < -0.4 is 10.5 Å². The monoisotopic (exact) mass is 267 g/mol. The molecule has 1 aromatic carbocycles. The van der Waals surface area contributed by atoms with Crippen molar-refractivity contribution >= 4 is 0 Å². The van der Waals surface area contributed by atoms with Crippen molar-refractivity contribution in [1.29, 1.82) is 0 Å². The SMILES string of the molecule is COc1ccc(C2OCC(OC)CC(CN)O2)cc1. The molecule has 0 bridgehead atoms. The first-order valence-corrected chi connectivity index (χ1v) is 6.40. The van der Waals surface area contributed by atoms with Gasteiger partial charge < -0.3 is 24.7 Å². The summed E-state index contributed by atoms with van der Waals surface area (Å²) in [5, 5.41) is 0. The molecular weight excluding hydrogens is 246 g/mol. The third-order valence-corrected chi connectivity index (χ3v) is 3.26. The summed E-state index contributed by atoms with van der Waals surface area (Å²) in [5.74, 6) is 0.808. The number of methoxy groups -OCH3 is 2. The van der Waals surface area contributed by atoms with E-state index in [4.69, 9.17) is 24.7 Å². The van der Waals surface area contributed by atoms with Crippen LogP contribution in [0.3, 0.4) is 0 Å². The van der Waals surface area contributed by atoms with Crippen LogP contribution in [-0.4, -0.2) is 39.6 Å². The van der Waals surface area contributed by atoms with Crippen molar-refractivity contribution in [1.82, 2.24) is 0 Å². The molecule has 5 nitrogen and oxygen atoms in total. The summed E-state index contributed by atoms with van der Waals surface area (Å²) >= 11 is 0. The molecule has 2 N–H and O–H groups in total. The van der Waals surface area contributed by atoms with Crippen LogP contribution in [0.15, 0.2) is 24.3 Å². The molecule has 0 aliphatic carbocycles. The summed E-state index contributed by atoms with van der Waals surface area (Å²) in [5.41, 5.74) is 6.67. The Morgan fingerprint density at radius 2 is 2.00 bits per heavy atom. The summed E-state index contributed by atoms with van der Waals surface area (Å²) in [6.45, 7) is 0.958. The van der Waals surface area contributed by atoms with E-state index < -0.39 is 6.29 Å². The van der Waals surface area contributed by atoms with Crippen LogP contribution in [0, 0.1) is 0 Å². The Morgan fingerprint density at radius 1 is 1.26 bits per heavy atom. The lowest BCUT2D eigenvalue weighted by Crippen LogP contribution is -2.28. The lowest BCUT2D eigenvalue weighted by molar-refractivity contribution is -0.158. The van der Waals surface area contributed by atoms with E-state index in [0.717, 1.165) is 17.7 Å². The van der Waals surface area contributed by atoms with Gasteiger partial charge in [-0.2, -0.15) is 0 Å². The molecule has 1 aromatic rings. The molecule has 1 saturated heterocycles. The Morgan fingerprint density at radius 3 is 2.58 bits per heavy atom. The zero-order valence-corrected chi connectivity index (χ0v) is 11.4. The number of ether oxygens (including phenoxy) is 4. The number of hydrogen-bond acceptors (Lipinski definition) is 5. The summed E-state index contributed by atoms with van der Waals surface area (Å²) in [7, 11) is 3.32. The molecule has 19 heavy (non-hydrogen) atoms. The van der Waals surface area contributed by atoms with Gasteiger partial charge in [-0.3, -0.25) is 0 Å². The lowest BCUT2D eigenvalue weighted by atomic mass is 10.1. The highest BCUT2D eigenvalue weighted by Crippen LogP contribution is 2.27. The highest BCUT2D eigenvalue weighted by atomic mass is 16.7. The summed E-state index contributed by atoms with van der Waals surface area (Å²) < 4.78 is 22.1. The smallest absolute Gasteiger partial charge is 0.184 e. The minimum Gasteiger partial charge on any atom is -0.497 e. The fourth-order valence-electron chi connectivity index (χ4n) is 2.08. The first-order chi connectivity index (χ1) is 9.26. The predicted molar refractivity (Wildman–Crippen MR) is 71.0 cm³/mol. The van der Waals surface area contributed by atoms with E-state index in [2.05, 4.69) is 0 Å². The van der Waals surface area contributed by atoms with Gasteiger partial charge in [0.1, 0.15) is 5.75 Å². The van der Waals surface area contributed by atoms with E-state index in [1.807, 2.05) is 24.3 Å². The third kappa shape index (κ3) is 3.67. The average molecular weight is 267 g/mol. The second kappa shape index (κ2) is 6.86. The van der Waals surface area contributed by atoms with Crippen LogP contribution in [0.1, 0.15) is 18.3 Å². The molecule has 2 rings (SSSR count). The number of hydrogen-bond donors (Lipinski definition) is 1. The van der Waals surface area contributed by atoms with E-state index in [9.17, 15) is 0 Å². The molecular formula is C14H21NO4. The largest absolute Gasteiger partial charge is 0.497 e. The van der Waals surface area contributed by atoms with Crippen LogP contribution in [0.4, 0.5) is 0 Å². The molecule has 3 unspecified atom stereocenters. The van der Waals surface area contributed by atoms with Crippen molar-refractivity contribution < 1.29 is 18.9 Å². The Hall–Kier alpha value is -1.14. The Kier molecular flexibility index (Phi) is 5.15. The maximum absolute atomic E-state index is 5.88. The van der Waals surface area contributed by atoms with Gasteiger partial charge in [0.15, 0.2) is 6.29 Å². The Bertz CT molecular complexity index is 382. The van der Waals surface area contributed by atoms with Crippen molar-refractivity contribution in [3.05, 3.63) is 29.8 Å². The fourth-order valence-corrected chi connectivity index (χ4v) is 2.08. The van der Waals surface area contributed by atoms with Crippen molar-refractivity contribution in [3.8, 4) is 5.75 Å². The molecule has 106 valence electrons. The van der Waals surface area contributed by atoms with Crippen molar-refractivity contribution in [2.24, 2.45) is 5.73 Å². The zero-order valence-electron chi connectivity index (χ0n) is 11.4. The van der Waals surface area contributed by atoms with Crippen molar-refractivity contribution in [2.45, 2.75) is 24.9 Å². The predicted octanol–water partition coefficient (Wildman–Crippen LogP) is 1.47. The summed E-state index contributed by atoms with van der Waals surface area (Å²) in [6, 6.07) is 7.64. The van der Waals surface area contributed by atoms with Crippen LogP contribution in [0.25, 0.3) is 0 Å². The molecule has 1 aliphatic heterocycles. The molecule has 5 heteroatoms. The van der Waals surface area contributed by atoms with Gasteiger partial charge in [0.05, 0.1) is 25.9 Å². The zero-order chi connectivity index (χ0) is 13.7. The molecule has 0 radical (unpaired) electrons. The standard InChI is InChI=1S/C14H21NO4/c1-16-11-5-3-10(4-6-11)14-18-9-13(17-2)7-12(8-15)19-14/h3-6,12-14H,7-9,15H2,1-2H3. The number of nitrogens with two attached hydrogens (primary N) is 1. The first kappa shape index (κ1) is 14.3. The molecule has 0 amide bonds. The van der Waals surface area contributed by atoms with Crippen LogP contribution in [0.5, 0.6) is 5.75 Å². The third-order valence-electron chi connectivity index (χ3n) is 3.26. The van der Waals surface area contributed by atoms with Crippen molar-refractivity contribution in [2.75, 3.05) is 27.4 Å². The Labute approximate surface area is 113 Å². The molecule has 1 fully saturated rings. The van der Waals surface area contributed by atoms with Gasteiger partial charge in [-0.25, -0.2) is 0 Å². The first-order valence-electron chi connectivity index (χ1n) is 6.40. The van der Waals surface area contributed by atoms with Crippen LogP contribution in [-0.2, 0) is 14.2 Å². The normalized spacial score (nSPS) is 27.8. The second-order valence-electron chi connectivity index (χ2n) is 4.53. The summed E-state index contributed by atoms with van der Waals surface area (Å²) in [6.07, 6.45) is 0.315. The van der Waals surface area contributed by atoms with Crippen LogP contribution >= 0.6 is 0 Å². The van der Waals surface area contributed by atoms with E-state index in [1.54, 1.807) is 14.2 Å². The molecule has 1 aliphatic rings. The minimum atomic E-state index is -0.403. The van der Waals surface area contributed by atoms with E-state index in [-0.39, 0.29) is 12.2 Å². The number of rotatable bonds is 4. The molecule has 0 aromatic heterocycles. The maximum atomic E-state index is 5.88. The van der Waals surface area contributed by atoms with Gasteiger partial charge in [0.25, 0.3) is 0 Å². The summed E-state index contributed by atoms with van der Waals surface area (Å²) in [4.78, 5) is 0. The highest BCUT2D eigenvalue weighted by Gasteiger charge is 2.27. The van der Waals surface area contributed by atoms with E-state index in [0.29, 0.717) is 13.2 Å². The van der Waals surface area contributed by atoms with E-state index >= 15 is 0 Å². The van der Waals surface area contributed by atoms with E-state index in [1.165, 1.54) is 0 Å². The average Bonchev–Trinajstić information content (AvgIpc) is 2.69. The van der Waals surface area contributed by atoms with Gasteiger partial charge in [-0.1, -0.05) is 12.1 Å². The van der Waals surface area contributed by atoms with Crippen molar-refractivity contribution in [3.63, 3.8) is 0 Å². The molecule has 3 atom stereocenters. The van der Waals surface area contributed by atoms with Gasteiger partial charge in [-0.05, 0) is 12.1 Å². The quantitative estimate of drug-likeness (QED) is 0.895. The Balaban J connectivity index is 2.09. The van der Waals surface area contributed by atoms with Crippen LogP contribution in [0.2, 0.25) is 0 Å². The van der Waals surface area contributed by atoms with Gasteiger partial charge in [0, 0.05) is 25.6 Å². The highest BCUT2D eigenvalue weighted by molar-refractivity contribution is 5.27. The molecule has 0 saturated carbocycles. The maximum Gasteiger partial charge on any atom is 0.184 e. The minimum absolute atomic E-state index is 0.0248. The van der Waals surface area contributed by atoms with Gasteiger partial charge in [-0.15, -0.1) is 0 Å². The topological polar surface area (TPSA) is 62.9 Å². The number of benzene rings is 1. The van der Waals surface area contributed by atoms with Gasteiger partial charge in [0.2, 0.25) is 0 Å². The molecule has 1 heterocycles. The lowest BCUT2D eigenvalue weighted by Gasteiger charge is -2.20. The van der Waals surface area contributed by atoms with Gasteiger partial charge >= 0.3 is 0 Å². The molecule has 0 spiro atoms. The fraction of sp³-hybridized carbons (Fsp3) is 0.571.